The van der Waals surface area contributed by atoms with Crippen molar-refractivity contribution in [1.82, 2.24) is 0 Å². The van der Waals surface area contributed by atoms with Crippen LogP contribution in [0.25, 0.3) is 11.1 Å². The normalized spacial score (nSPS) is 17.1. The van der Waals surface area contributed by atoms with Crippen molar-refractivity contribution in [3.8, 4) is 16.9 Å². The fourth-order valence-electron chi connectivity index (χ4n) is 2.84. The zero-order valence-electron chi connectivity index (χ0n) is 11.6. The Hall–Kier alpha value is -1.80. The average molecular weight is 268 g/mol. The Balaban J connectivity index is 1.80. The van der Waals surface area contributed by atoms with Gasteiger partial charge in [-0.05, 0) is 24.5 Å². The number of benzene rings is 2. The van der Waals surface area contributed by atoms with E-state index < -0.39 is 5.60 Å². The molecule has 1 aliphatic carbocycles. The van der Waals surface area contributed by atoms with Crippen LogP contribution in [-0.2, 0) is 0 Å². The zero-order valence-corrected chi connectivity index (χ0v) is 11.6. The van der Waals surface area contributed by atoms with E-state index in [1.165, 1.54) is 0 Å². The molecule has 1 aliphatic rings. The number of hydrogen-bond acceptors (Lipinski definition) is 2. The van der Waals surface area contributed by atoms with E-state index in [-0.39, 0.29) is 0 Å². The highest BCUT2D eigenvalue weighted by Crippen LogP contribution is 2.33. The highest BCUT2D eigenvalue weighted by Gasteiger charge is 2.32. The molecule has 0 heterocycles. The van der Waals surface area contributed by atoms with Gasteiger partial charge in [0, 0.05) is 5.56 Å². The van der Waals surface area contributed by atoms with Gasteiger partial charge in [-0.25, -0.2) is 0 Å². The minimum absolute atomic E-state index is 0.386. The van der Waals surface area contributed by atoms with Gasteiger partial charge in [-0.15, -0.1) is 0 Å². The van der Waals surface area contributed by atoms with Gasteiger partial charge in [0.25, 0.3) is 0 Å². The van der Waals surface area contributed by atoms with Crippen molar-refractivity contribution < 1.29 is 9.84 Å². The van der Waals surface area contributed by atoms with Gasteiger partial charge in [0.15, 0.2) is 0 Å². The topological polar surface area (TPSA) is 29.5 Å². The molecule has 0 aromatic heterocycles. The van der Waals surface area contributed by atoms with Crippen LogP contribution >= 0.6 is 0 Å². The van der Waals surface area contributed by atoms with Crippen molar-refractivity contribution in [1.29, 1.82) is 0 Å². The second-order valence-electron chi connectivity index (χ2n) is 5.58. The Morgan fingerprint density at radius 2 is 1.55 bits per heavy atom. The summed E-state index contributed by atoms with van der Waals surface area (Å²) in [5.41, 5.74) is 1.58. The van der Waals surface area contributed by atoms with E-state index in [4.69, 9.17) is 4.74 Å². The molecule has 0 amide bonds. The summed E-state index contributed by atoms with van der Waals surface area (Å²) >= 11 is 0. The van der Waals surface area contributed by atoms with Crippen molar-refractivity contribution in [2.24, 2.45) is 0 Å². The number of rotatable bonds is 4. The minimum Gasteiger partial charge on any atom is -0.490 e. The van der Waals surface area contributed by atoms with E-state index in [1.807, 2.05) is 36.4 Å². The molecule has 0 radical (unpaired) electrons. The molecule has 20 heavy (non-hydrogen) atoms. The highest BCUT2D eigenvalue weighted by molar-refractivity contribution is 5.70. The molecule has 0 unspecified atom stereocenters. The molecule has 1 fully saturated rings. The molecule has 3 rings (SSSR count). The van der Waals surface area contributed by atoms with Gasteiger partial charge in [0.1, 0.15) is 12.4 Å². The summed E-state index contributed by atoms with van der Waals surface area (Å²) in [6.45, 7) is 0.386. The second kappa shape index (κ2) is 5.68. The zero-order chi connectivity index (χ0) is 13.8. The van der Waals surface area contributed by atoms with Crippen molar-refractivity contribution >= 4 is 0 Å². The smallest absolute Gasteiger partial charge is 0.127 e. The van der Waals surface area contributed by atoms with Crippen LogP contribution in [0, 0.1) is 0 Å². The van der Waals surface area contributed by atoms with Crippen molar-refractivity contribution in [3.05, 3.63) is 54.6 Å². The number of aliphatic hydroxyl groups is 1. The van der Waals surface area contributed by atoms with E-state index in [0.29, 0.717) is 6.61 Å². The maximum atomic E-state index is 10.4. The van der Waals surface area contributed by atoms with Gasteiger partial charge >= 0.3 is 0 Å². The third-order valence-electron chi connectivity index (χ3n) is 4.00. The molecule has 0 aliphatic heterocycles. The maximum Gasteiger partial charge on any atom is 0.127 e. The third kappa shape index (κ3) is 2.86. The fraction of sp³-hybridized carbons (Fsp3) is 0.333. The molecule has 104 valence electrons. The molecule has 1 saturated carbocycles. The Labute approximate surface area is 120 Å². The largest absolute Gasteiger partial charge is 0.490 e. The van der Waals surface area contributed by atoms with Gasteiger partial charge in [-0.1, -0.05) is 61.4 Å². The summed E-state index contributed by atoms with van der Waals surface area (Å²) in [7, 11) is 0. The fourth-order valence-corrected chi connectivity index (χ4v) is 2.84. The Morgan fingerprint density at radius 1 is 0.900 bits per heavy atom. The summed E-state index contributed by atoms with van der Waals surface area (Å²) in [6, 6.07) is 18.2. The number of hydrogen-bond donors (Lipinski definition) is 1. The predicted molar refractivity (Wildman–Crippen MR) is 80.8 cm³/mol. The molecule has 1 N–H and O–H groups in total. The first-order valence-electron chi connectivity index (χ1n) is 7.27. The molecule has 2 aromatic rings. The lowest BCUT2D eigenvalue weighted by Gasteiger charge is -2.23. The molecule has 0 saturated heterocycles. The van der Waals surface area contributed by atoms with Crippen LogP contribution in [0.1, 0.15) is 25.7 Å². The number of para-hydroxylation sites is 1. The molecule has 0 bridgehead atoms. The standard InChI is InChI=1S/C18H20O2/c19-18(12-6-7-13-18)14-20-17-11-5-4-10-16(17)15-8-2-1-3-9-15/h1-5,8-11,19H,6-7,12-14H2. The van der Waals surface area contributed by atoms with E-state index in [2.05, 4.69) is 18.2 Å². The lowest BCUT2D eigenvalue weighted by molar-refractivity contribution is 0.00159. The molecule has 2 nitrogen and oxygen atoms in total. The first-order chi connectivity index (χ1) is 9.77. The molecule has 2 aromatic carbocycles. The van der Waals surface area contributed by atoms with Crippen LogP contribution in [0.4, 0.5) is 0 Å². The maximum absolute atomic E-state index is 10.4. The Morgan fingerprint density at radius 3 is 2.30 bits per heavy atom. The SMILES string of the molecule is OC1(COc2ccccc2-c2ccccc2)CCCC1. The summed E-state index contributed by atoms with van der Waals surface area (Å²) < 4.78 is 5.93. The van der Waals surface area contributed by atoms with E-state index in [0.717, 1.165) is 42.6 Å². The first kappa shape index (κ1) is 13.2. The monoisotopic (exact) mass is 268 g/mol. The predicted octanol–water partition coefficient (Wildman–Crippen LogP) is 4.04. The summed E-state index contributed by atoms with van der Waals surface area (Å²) in [5, 5.41) is 10.4. The van der Waals surface area contributed by atoms with E-state index in [1.54, 1.807) is 0 Å². The molecule has 2 heteroatoms. The Bertz CT molecular complexity index is 557. The van der Waals surface area contributed by atoms with Crippen molar-refractivity contribution in [2.75, 3.05) is 6.61 Å². The molecular formula is C18H20O2. The highest BCUT2D eigenvalue weighted by atomic mass is 16.5. The van der Waals surface area contributed by atoms with Gasteiger partial charge in [0.05, 0.1) is 5.60 Å². The lowest BCUT2D eigenvalue weighted by atomic mass is 10.0. The van der Waals surface area contributed by atoms with Gasteiger partial charge in [-0.3, -0.25) is 0 Å². The number of ether oxygens (including phenoxy) is 1. The second-order valence-corrected chi connectivity index (χ2v) is 5.58. The quantitative estimate of drug-likeness (QED) is 0.907. The third-order valence-corrected chi connectivity index (χ3v) is 4.00. The van der Waals surface area contributed by atoms with Crippen LogP contribution in [0.3, 0.4) is 0 Å². The van der Waals surface area contributed by atoms with Crippen LogP contribution in [-0.4, -0.2) is 17.3 Å². The Kier molecular flexibility index (Phi) is 3.75. The lowest BCUT2D eigenvalue weighted by Crippen LogP contribution is -2.32. The van der Waals surface area contributed by atoms with Crippen LogP contribution in [0.15, 0.2) is 54.6 Å². The minimum atomic E-state index is -0.635. The summed E-state index contributed by atoms with van der Waals surface area (Å²) in [4.78, 5) is 0. The first-order valence-corrected chi connectivity index (χ1v) is 7.27. The van der Waals surface area contributed by atoms with Crippen molar-refractivity contribution in [2.45, 2.75) is 31.3 Å². The van der Waals surface area contributed by atoms with Gasteiger partial charge in [0.2, 0.25) is 0 Å². The molecular weight excluding hydrogens is 248 g/mol. The molecule has 0 spiro atoms. The van der Waals surface area contributed by atoms with Gasteiger partial charge in [-0.2, -0.15) is 0 Å². The summed E-state index contributed by atoms with van der Waals surface area (Å²) in [6.07, 6.45) is 3.89. The van der Waals surface area contributed by atoms with Crippen LogP contribution in [0.5, 0.6) is 5.75 Å². The van der Waals surface area contributed by atoms with Crippen molar-refractivity contribution in [3.63, 3.8) is 0 Å². The molecule has 0 atom stereocenters. The van der Waals surface area contributed by atoms with Crippen LogP contribution < -0.4 is 4.74 Å². The van der Waals surface area contributed by atoms with Gasteiger partial charge < -0.3 is 9.84 Å². The van der Waals surface area contributed by atoms with E-state index >= 15 is 0 Å². The van der Waals surface area contributed by atoms with E-state index in [9.17, 15) is 5.11 Å². The average Bonchev–Trinajstić information content (AvgIpc) is 2.94. The van der Waals surface area contributed by atoms with Crippen LogP contribution in [0.2, 0.25) is 0 Å². The summed E-state index contributed by atoms with van der Waals surface area (Å²) in [5.74, 6) is 0.846.